The summed E-state index contributed by atoms with van der Waals surface area (Å²) in [6.07, 6.45) is 4.93. The van der Waals surface area contributed by atoms with E-state index < -0.39 is 5.97 Å². The first-order valence-electron chi connectivity index (χ1n) is 6.30. The molecular weight excluding hydrogens is 222 g/mol. The van der Waals surface area contributed by atoms with E-state index in [1.54, 1.807) is 11.8 Å². The molecule has 0 heterocycles. The van der Waals surface area contributed by atoms with Crippen molar-refractivity contribution in [2.75, 3.05) is 13.2 Å². The van der Waals surface area contributed by atoms with Gasteiger partial charge in [-0.05, 0) is 19.8 Å². The summed E-state index contributed by atoms with van der Waals surface area (Å²) in [6.45, 7) is 2.34. The molecule has 0 aromatic heterocycles. The number of carboxylic acid groups (broad SMARTS) is 1. The lowest BCUT2D eigenvalue weighted by Gasteiger charge is -2.33. The summed E-state index contributed by atoms with van der Waals surface area (Å²) < 4.78 is 4.98. The second-order valence-corrected chi connectivity index (χ2v) is 4.33. The Morgan fingerprint density at radius 3 is 2.47 bits per heavy atom. The largest absolute Gasteiger partial charge is 0.481 e. The number of ether oxygens (including phenoxy) is 1. The second kappa shape index (κ2) is 7.14. The molecule has 98 valence electrons. The van der Waals surface area contributed by atoms with E-state index in [0.717, 1.165) is 25.7 Å². The third-order valence-electron chi connectivity index (χ3n) is 3.08. The highest BCUT2D eigenvalue weighted by atomic mass is 16.6. The third-order valence-corrected chi connectivity index (χ3v) is 3.08. The Hall–Kier alpha value is -1.26. The van der Waals surface area contributed by atoms with Gasteiger partial charge in [0.1, 0.15) is 0 Å². The Labute approximate surface area is 102 Å². The van der Waals surface area contributed by atoms with Gasteiger partial charge in [-0.2, -0.15) is 0 Å². The van der Waals surface area contributed by atoms with Gasteiger partial charge in [0.2, 0.25) is 0 Å². The molecule has 0 radical (unpaired) electrons. The van der Waals surface area contributed by atoms with Crippen LogP contribution in [-0.2, 0) is 9.53 Å². The van der Waals surface area contributed by atoms with Crippen LogP contribution >= 0.6 is 0 Å². The van der Waals surface area contributed by atoms with E-state index in [9.17, 15) is 9.59 Å². The summed E-state index contributed by atoms with van der Waals surface area (Å²) in [7, 11) is 0. The van der Waals surface area contributed by atoms with Crippen LogP contribution in [0.5, 0.6) is 0 Å². The first-order chi connectivity index (χ1) is 8.15. The summed E-state index contributed by atoms with van der Waals surface area (Å²) in [5.74, 6) is -0.880. The average Bonchev–Trinajstić information content (AvgIpc) is 2.30. The topological polar surface area (TPSA) is 66.8 Å². The van der Waals surface area contributed by atoms with E-state index in [1.807, 2.05) is 0 Å². The highest BCUT2D eigenvalue weighted by molar-refractivity contribution is 5.70. The molecule has 0 spiro atoms. The van der Waals surface area contributed by atoms with Gasteiger partial charge in [-0.3, -0.25) is 4.79 Å². The lowest BCUT2D eigenvalue weighted by Crippen LogP contribution is -2.43. The highest BCUT2D eigenvalue weighted by Crippen LogP contribution is 2.23. The van der Waals surface area contributed by atoms with Crippen molar-refractivity contribution in [1.29, 1.82) is 0 Å². The monoisotopic (exact) mass is 243 g/mol. The molecule has 1 rings (SSSR count). The third kappa shape index (κ3) is 4.63. The molecule has 1 saturated carbocycles. The maximum absolute atomic E-state index is 11.8. The number of hydrogen-bond donors (Lipinski definition) is 1. The van der Waals surface area contributed by atoms with Crippen LogP contribution in [0.15, 0.2) is 0 Å². The summed E-state index contributed by atoms with van der Waals surface area (Å²) in [6, 6.07) is 0.155. The molecule has 1 aliphatic rings. The lowest BCUT2D eigenvalue weighted by molar-refractivity contribution is -0.137. The predicted octanol–water partition coefficient (Wildman–Crippen LogP) is 2.25. The molecule has 1 aliphatic carbocycles. The maximum atomic E-state index is 11.8. The van der Waals surface area contributed by atoms with Crippen LogP contribution in [-0.4, -0.2) is 41.3 Å². The lowest BCUT2D eigenvalue weighted by atomic mass is 9.94. The normalized spacial score (nSPS) is 16.5. The van der Waals surface area contributed by atoms with Crippen LogP contribution in [0.25, 0.3) is 0 Å². The number of carbonyl (C=O) groups is 2. The fourth-order valence-electron chi connectivity index (χ4n) is 2.24. The van der Waals surface area contributed by atoms with E-state index in [-0.39, 0.29) is 25.1 Å². The van der Waals surface area contributed by atoms with Crippen LogP contribution in [0.4, 0.5) is 4.79 Å². The Morgan fingerprint density at radius 2 is 1.94 bits per heavy atom. The van der Waals surface area contributed by atoms with Crippen LogP contribution in [0.2, 0.25) is 0 Å². The fourth-order valence-corrected chi connectivity index (χ4v) is 2.24. The van der Waals surface area contributed by atoms with Crippen molar-refractivity contribution in [2.45, 2.75) is 51.5 Å². The Bertz CT molecular complexity index is 261. The zero-order valence-corrected chi connectivity index (χ0v) is 10.4. The molecule has 0 unspecified atom stereocenters. The zero-order chi connectivity index (χ0) is 12.7. The number of aliphatic carboxylic acids is 1. The number of carboxylic acids is 1. The minimum Gasteiger partial charge on any atom is -0.481 e. The van der Waals surface area contributed by atoms with Crippen molar-refractivity contribution < 1.29 is 19.4 Å². The van der Waals surface area contributed by atoms with Gasteiger partial charge in [-0.15, -0.1) is 0 Å². The van der Waals surface area contributed by atoms with Gasteiger partial charge in [0.05, 0.1) is 13.0 Å². The van der Waals surface area contributed by atoms with Gasteiger partial charge in [0.25, 0.3) is 0 Å². The molecule has 1 N–H and O–H groups in total. The first kappa shape index (κ1) is 13.8. The van der Waals surface area contributed by atoms with Crippen LogP contribution in [0, 0.1) is 0 Å². The molecule has 17 heavy (non-hydrogen) atoms. The van der Waals surface area contributed by atoms with Gasteiger partial charge < -0.3 is 14.7 Å². The Kier molecular flexibility index (Phi) is 5.80. The van der Waals surface area contributed by atoms with Crippen molar-refractivity contribution in [3.63, 3.8) is 0 Å². The van der Waals surface area contributed by atoms with Gasteiger partial charge in [0.15, 0.2) is 0 Å². The molecule has 1 amide bonds. The van der Waals surface area contributed by atoms with E-state index >= 15 is 0 Å². The highest BCUT2D eigenvalue weighted by Gasteiger charge is 2.26. The van der Waals surface area contributed by atoms with Gasteiger partial charge in [-0.1, -0.05) is 19.3 Å². The number of nitrogens with zero attached hydrogens (tertiary/aromatic N) is 1. The summed E-state index contributed by atoms with van der Waals surface area (Å²) >= 11 is 0. The first-order valence-corrected chi connectivity index (χ1v) is 6.30. The molecular formula is C12H21NO4. The molecule has 0 aromatic rings. The number of carbonyl (C=O) groups excluding carboxylic acids is 1. The van der Waals surface area contributed by atoms with Gasteiger partial charge in [-0.25, -0.2) is 4.79 Å². The van der Waals surface area contributed by atoms with Crippen LogP contribution in [0.1, 0.15) is 45.4 Å². The van der Waals surface area contributed by atoms with Crippen molar-refractivity contribution >= 4 is 12.1 Å². The number of amides is 1. The van der Waals surface area contributed by atoms with Crippen molar-refractivity contribution in [3.8, 4) is 0 Å². The SMILES string of the molecule is CCOC(=O)N(CCC(=O)O)C1CCCCC1. The van der Waals surface area contributed by atoms with Crippen molar-refractivity contribution in [3.05, 3.63) is 0 Å². The minimum atomic E-state index is -0.880. The van der Waals surface area contributed by atoms with Crippen LogP contribution in [0.3, 0.4) is 0 Å². The number of rotatable bonds is 5. The van der Waals surface area contributed by atoms with Crippen LogP contribution < -0.4 is 0 Å². The van der Waals surface area contributed by atoms with E-state index in [1.165, 1.54) is 6.42 Å². The molecule has 0 bridgehead atoms. The van der Waals surface area contributed by atoms with Crippen molar-refractivity contribution in [2.24, 2.45) is 0 Å². The molecule has 5 heteroatoms. The predicted molar refractivity (Wildman–Crippen MR) is 62.9 cm³/mol. The molecule has 0 atom stereocenters. The van der Waals surface area contributed by atoms with E-state index in [0.29, 0.717) is 6.61 Å². The number of hydrogen-bond acceptors (Lipinski definition) is 3. The second-order valence-electron chi connectivity index (χ2n) is 4.33. The Morgan fingerprint density at radius 1 is 1.29 bits per heavy atom. The molecule has 1 fully saturated rings. The van der Waals surface area contributed by atoms with Gasteiger partial charge >= 0.3 is 12.1 Å². The molecule has 0 aromatic carbocycles. The zero-order valence-electron chi connectivity index (χ0n) is 10.4. The standard InChI is InChI=1S/C12H21NO4/c1-2-17-12(16)13(9-8-11(14)15)10-6-4-3-5-7-10/h10H,2-9H2,1H3,(H,14,15). The minimum absolute atomic E-state index is 0.0185. The van der Waals surface area contributed by atoms with Gasteiger partial charge in [0, 0.05) is 12.6 Å². The molecule has 5 nitrogen and oxygen atoms in total. The smallest absolute Gasteiger partial charge is 0.410 e. The quantitative estimate of drug-likeness (QED) is 0.804. The Balaban J connectivity index is 2.56. The van der Waals surface area contributed by atoms with E-state index in [2.05, 4.69) is 0 Å². The molecule has 0 aliphatic heterocycles. The summed E-state index contributed by atoms with van der Waals surface area (Å²) in [4.78, 5) is 23.9. The van der Waals surface area contributed by atoms with Crippen molar-refractivity contribution in [1.82, 2.24) is 4.90 Å². The summed E-state index contributed by atoms with van der Waals surface area (Å²) in [5.41, 5.74) is 0. The summed E-state index contributed by atoms with van der Waals surface area (Å²) in [5, 5.41) is 8.69. The fraction of sp³-hybridized carbons (Fsp3) is 0.833. The van der Waals surface area contributed by atoms with E-state index in [4.69, 9.17) is 9.84 Å². The average molecular weight is 243 g/mol. The maximum Gasteiger partial charge on any atom is 0.410 e. The molecule has 0 saturated heterocycles.